The molecule has 1 aromatic heterocycles. The van der Waals surface area contributed by atoms with Crippen molar-refractivity contribution in [3.8, 4) is 0 Å². The van der Waals surface area contributed by atoms with Gasteiger partial charge >= 0.3 is 0 Å². The number of allylic oxidation sites excluding steroid dienone is 1. The van der Waals surface area contributed by atoms with E-state index in [1.807, 2.05) is 6.07 Å². The lowest BCUT2D eigenvalue weighted by Crippen LogP contribution is -2.21. The molecule has 0 aliphatic heterocycles. The summed E-state index contributed by atoms with van der Waals surface area (Å²) >= 11 is 3.42. The fourth-order valence-electron chi connectivity index (χ4n) is 4.02. The van der Waals surface area contributed by atoms with Gasteiger partial charge in [0.05, 0.1) is 29.7 Å². The number of nitrogens with zero attached hydrogens (tertiary/aromatic N) is 2. The molecule has 206 valence electrons. The zero-order valence-electron chi connectivity index (χ0n) is 23.2. The van der Waals surface area contributed by atoms with Crippen molar-refractivity contribution in [1.82, 2.24) is 14.6 Å². The minimum atomic E-state index is 0.742. The summed E-state index contributed by atoms with van der Waals surface area (Å²) in [7, 11) is 3.91. The number of fused-ring (bicyclic) bond motifs is 1. The van der Waals surface area contributed by atoms with E-state index in [0.29, 0.717) is 0 Å². The molecule has 1 saturated carbocycles. The fraction of sp³-hybridized carbons (Fsp3) is 0.290. The van der Waals surface area contributed by atoms with Crippen LogP contribution in [0.3, 0.4) is 0 Å². The molecule has 0 atom stereocenters. The van der Waals surface area contributed by atoms with Crippen molar-refractivity contribution in [1.29, 1.82) is 5.41 Å². The van der Waals surface area contributed by atoms with Gasteiger partial charge in [-0.15, -0.1) is 11.3 Å². The number of benzene rings is 3. The van der Waals surface area contributed by atoms with Gasteiger partial charge in [-0.05, 0) is 74.0 Å². The van der Waals surface area contributed by atoms with E-state index in [2.05, 4.69) is 108 Å². The second-order valence-corrected chi connectivity index (χ2v) is 11.3. The molecule has 6 nitrogen and oxygen atoms in total. The Labute approximate surface area is 240 Å². The molecule has 5 rings (SSSR count). The number of nitrogens with one attached hydrogen (secondary N) is 2. The predicted octanol–water partition coefficient (Wildman–Crippen LogP) is 7.03. The van der Waals surface area contributed by atoms with E-state index < -0.39 is 0 Å². The lowest BCUT2D eigenvalue weighted by Gasteiger charge is -2.23. The molecular formula is C31H39N5OS2. The van der Waals surface area contributed by atoms with Crippen molar-refractivity contribution in [2.45, 2.75) is 38.1 Å². The minimum absolute atomic E-state index is 0.742. The molecule has 1 aliphatic rings. The maximum Gasteiger partial charge on any atom is 0.109 e. The second kappa shape index (κ2) is 16.1. The highest BCUT2D eigenvalue weighted by atomic mass is 32.2. The van der Waals surface area contributed by atoms with Gasteiger partial charge in [0.2, 0.25) is 0 Å². The molecule has 0 saturated heterocycles. The van der Waals surface area contributed by atoms with Crippen LogP contribution in [0.1, 0.15) is 34.5 Å². The summed E-state index contributed by atoms with van der Waals surface area (Å²) in [5.74, 6) is 0. The normalized spacial score (nSPS) is 11.6. The Bertz CT molecular complexity index is 1310. The first-order chi connectivity index (χ1) is 18.9. The molecule has 1 aliphatic carbocycles. The van der Waals surface area contributed by atoms with Crippen LogP contribution < -0.4 is 10.5 Å². The molecule has 4 aromatic rings. The Morgan fingerprint density at radius 2 is 1.77 bits per heavy atom. The molecule has 0 unspecified atom stereocenters. The quantitative estimate of drug-likeness (QED) is 0.116. The fourth-order valence-corrected chi connectivity index (χ4v) is 5.73. The van der Waals surface area contributed by atoms with Crippen LogP contribution in [0, 0.1) is 19.3 Å². The number of hydrogen-bond acceptors (Lipinski definition) is 7. The number of thiazole rings is 1. The van der Waals surface area contributed by atoms with Gasteiger partial charge in [0.15, 0.2) is 0 Å². The average Bonchev–Trinajstić information content (AvgIpc) is 3.66. The molecule has 0 radical (unpaired) electrons. The third kappa shape index (κ3) is 10.1. The highest BCUT2D eigenvalue weighted by Gasteiger charge is 2.22. The van der Waals surface area contributed by atoms with E-state index in [0.717, 1.165) is 36.6 Å². The predicted molar refractivity (Wildman–Crippen MR) is 168 cm³/mol. The summed E-state index contributed by atoms with van der Waals surface area (Å²) in [6.07, 6.45) is 3.17. The van der Waals surface area contributed by atoms with E-state index in [1.165, 1.54) is 44.8 Å². The van der Waals surface area contributed by atoms with Crippen LogP contribution in [0.15, 0.2) is 83.3 Å². The maximum atomic E-state index is 5.86. The van der Waals surface area contributed by atoms with Crippen molar-refractivity contribution in [2.75, 3.05) is 27.3 Å². The van der Waals surface area contributed by atoms with Gasteiger partial charge in [-0.25, -0.2) is 4.98 Å². The number of aryl methyl sites for hydroxylation is 2. The molecule has 3 aromatic carbocycles. The van der Waals surface area contributed by atoms with Crippen molar-refractivity contribution in [3.05, 3.63) is 100 Å². The van der Waals surface area contributed by atoms with Gasteiger partial charge in [-0.1, -0.05) is 59.7 Å². The number of methoxy groups -OCH3 is 1. The molecule has 39 heavy (non-hydrogen) atoms. The lowest BCUT2D eigenvalue weighted by atomic mass is 10.1. The van der Waals surface area contributed by atoms with E-state index in [9.17, 15) is 0 Å². The van der Waals surface area contributed by atoms with Crippen molar-refractivity contribution >= 4 is 45.5 Å². The smallest absolute Gasteiger partial charge is 0.109 e. The number of rotatable bonds is 9. The molecule has 1 heterocycles. The largest absolute Gasteiger partial charge is 0.390 e. The zero-order chi connectivity index (χ0) is 28.0. The van der Waals surface area contributed by atoms with Gasteiger partial charge in [-0.2, -0.15) is 0 Å². The first-order valence-corrected chi connectivity index (χ1v) is 14.6. The molecule has 0 bridgehead atoms. The van der Waals surface area contributed by atoms with Gasteiger partial charge in [0, 0.05) is 31.3 Å². The number of ether oxygens (including phenoxy) is 1. The average molecular weight is 562 g/mol. The van der Waals surface area contributed by atoms with E-state index in [-0.39, 0.29) is 0 Å². The minimum Gasteiger partial charge on any atom is -0.390 e. The molecule has 1 fully saturated rings. The van der Waals surface area contributed by atoms with Crippen LogP contribution in [0.25, 0.3) is 15.9 Å². The summed E-state index contributed by atoms with van der Waals surface area (Å²) in [5, 5.41) is 6.98. The zero-order valence-corrected chi connectivity index (χ0v) is 24.9. The van der Waals surface area contributed by atoms with Crippen LogP contribution in [0.2, 0.25) is 0 Å². The van der Waals surface area contributed by atoms with Crippen molar-refractivity contribution in [3.63, 3.8) is 0 Å². The van der Waals surface area contributed by atoms with E-state index >= 15 is 0 Å². The van der Waals surface area contributed by atoms with Crippen LogP contribution >= 0.6 is 23.3 Å². The summed E-state index contributed by atoms with van der Waals surface area (Å²) in [6, 6.07) is 25.5. The Hall–Kier alpha value is -3.17. The number of aromatic nitrogens is 1. The van der Waals surface area contributed by atoms with E-state index in [1.54, 1.807) is 36.0 Å². The van der Waals surface area contributed by atoms with Crippen LogP contribution in [-0.2, 0) is 11.3 Å². The molecular weight excluding hydrogens is 523 g/mol. The van der Waals surface area contributed by atoms with Gasteiger partial charge in [-0.3, -0.25) is 10.1 Å². The number of hydrogen-bond donors (Lipinski definition) is 3. The van der Waals surface area contributed by atoms with Crippen molar-refractivity contribution < 1.29 is 4.74 Å². The van der Waals surface area contributed by atoms with E-state index in [4.69, 9.17) is 10.1 Å². The highest BCUT2D eigenvalue weighted by molar-refractivity contribution is 7.97. The van der Waals surface area contributed by atoms with Gasteiger partial charge in [0.25, 0.3) is 0 Å². The van der Waals surface area contributed by atoms with Gasteiger partial charge in [0.1, 0.15) is 5.01 Å². The first-order valence-electron chi connectivity index (χ1n) is 13.0. The molecule has 0 amide bonds. The topological polar surface area (TPSA) is 87.3 Å². The van der Waals surface area contributed by atoms with Crippen LogP contribution in [0.5, 0.6) is 0 Å². The third-order valence-electron chi connectivity index (χ3n) is 5.88. The monoisotopic (exact) mass is 561 g/mol. The highest BCUT2D eigenvalue weighted by Crippen LogP contribution is 2.38. The molecule has 0 spiro atoms. The molecule has 8 heteroatoms. The first kappa shape index (κ1) is 30.4. The molecule has 4 N–H and O–H groups in total. The summed E-state index contributed by atoms with van der Waals surface area (Å²) in [4.78, 5) is 8.23. The third-order valence-corrected chi connectivity index (χ3v) is 7.69. The summed E-state index contributed by atoms with van der Waals surface area (Å²) in [5.41, 5.74) is 12.3. The van der Waals surface area contributed by atoms with Crippen LogP contribution in [-0.4, -0.2) is 43.5 Å². The van der Waals surface area contributed by atoms with Crippen molar-refractivity contribution in [2.24, 2.45) is 5.73 Å². The van der Waals surface area contributed by atoms with Crippen LogP contribution in [0.4, 0.5) is 0 Å². The SMILES string of the molecule is COCCN(C)C(=C1CC1)c1cccc(SNCc2nc3ccccc3s2)c1.Cc1cccc(C)c1.N=CN. The number of nitrogens with two attached hydrogens (primary N) is 1. The standard InChI is InChI=1S/C22H25N3OS2.C8H10.CH4N2/c1-25(12-13-26-2)22(16-10-11-16)17-6-5-7-18(14-17)28-23-15-21-24-19-8-3-4-9-20(19)27-21;1-7-4-3-5-8(2)6-7;2-1-3/h3-9,14,23H,10-13,15H2,1-2H3;3-6H,1-2H3;1H,(H3,2,3). The Morgan fingerprint density at radius 1 is 1.08 bits per heavy atom. The Morgan fingerprint density at radius 3 is 2.38 bits per heavy atom. The summed E-state index contributed by atoms with van der Waals surface area (Å²) in [6.45, 7) is 6.62. The summed E-state index contributed by atoms with van der Waals surface area (Å²) < 4.78 is 9.97. The Kier molecular flexibility index (Phi) is 12.5. The maximum absolute atomic E-state index is 5.86. The Balaban J connectivity index is 0.000000321. The number of para-hydroxylation sites is 1. The number of likely N-dealkylation sites (N-methyl/N-ethyl adjacent to an activating group) is 1. The lowest BCUT2D eigenvalue weighted by molar-refractivity contribution is 0.180. The second-order valence-electron chi connectivity index (χ2n) is 9.22. The van der Waals surface area contributed by atoms with Gasteiger partial charge < -0.3 is 15.4 Å².